The van der Waals surface area contributed by atoms with Gasteiger partial charge in [0.25, 0.3) is 0 Å². The van der Waals surface area contributed by atoms with Crippen LogP contribution in [0.15, 0.2) is 22.7 Å². The molecule has 0 aliphatic carbocycles. The van der Waals surface area contributed by atoms with Crippen LogP contribution in [0.25, 0.3) is 0 Å². The van der Waals surface area contributed by atoms with Crippen molar-refractivity contribution in [2.45, 2.75) is 6.92 Å². The molecule has 1 aromatic rings. The zero-order valence-corrected chi connectivity index (χ0v) is 8.23. The Bertz CT molecular complexity index is 275. The predicted octanol–water partition coefficient (Wildman–Crippen LogP) is 2.52. The van der Waals surface area contributed by atoms with Crippen LogP contribution in [0.4, 0.5) is 4.39 Å². The van der Waals surface area contributed by atoms with Gasteiger partial charge in [0.1, 0.15) is 5.82 Å². The average molecular weight is 232 g/mol. The molecule has 0 bridgehead atoms. The maximum absolute atomic E-state index is 12.7. The minimum Gasteiger partial charge on any atom is -0.395 e. The van der Waals surface area contributed by atoms with E-state index in [0.717, 1.165) is 11.5 Å². The van der Waals surface area contributed by atoms with E-state index in [1.807, 2.05) is 0 Å². The largest absolute Gasteiger partial charge is 0.395 e. The number of aliphatic hydroxyl groups is 1. The molecule has 0 aliphatic rings. The van der Waals surface area contributed by atoms with E-state index in [1.165, 1.54) is 6.07 Å². The summed E-state index contributed by atoms with van der Waals surface area (Å²) in [6.45, 7) is 1.80. The first-order chi connectivity index (χ1) is 5.65. The van der Waals surface area contributed by atoms with E-state index >= 15 is 0 Å². The summed E-state index contributed by atoms with van der Waals surface area (Å²) < 4.78 is 13.2. The van der Waals surface area contributed by atoms with Crippen LogP contribution in [0.1, 0.15) is 12.5 Å². The second-order valence-electron chi connectivity index (χ2n) is 2.57. The molecular formula is C9H9BrFO. The van der Waals surface area contributed by atoms with Crippen molar-refractivity contribution in [3.05, 3.63) is 40.0 Å². The van der Waals surface area contributed by atoms with Gasteiger partial charge in [0, 0.05) is 5.92 Å². The third kappa shape index (κ3) is 2.05. The van der Waals surface area contributed by atoms with Gasteiger partial charge in [0.15, 0.2) is 0 Å². The van der Waals surface area contributed by atoms with Gasteiger partial charge in [0.05, 0.1) is 11.1 Å². The summed E-state index contributed by atoms with van der Waals surface area (Å²) >= 11 is 3.07. The van der Waals surface area contributed by atoms with E-state index in [9.17, 15) is 4.39 Å². The average Bonchev–Trinajstić information content (AvgIpc) is 2.08. The lowest BCUT2D eigenvalue weighted by atomic mass is 10.0. The summed E-state index contributed by atoms with van der Waals surface area (Å²) in [5, 5.41) is 8.80. The fourth-order valence-electron chi connectivity index (χ4n) is 0.853. The quantitative estimate of drug-likeness (QED) is 0.830. The van der Waals surface area contributed by atoms with Crippen molar-refractivity contribution >= 4 is 15.9 Å². The molecule has 0 aliphatic heterocycles. The third-order valence-electron chi connectivity index (χ3n) is 1.65. The van der Waals surface area contributed by atoms with Crippen LogP contribution in [-0.2, 0) is 0 Å². The van der Waals surface area contributed by atoms with Crippen LogP contribution in [0.5, 0.6) is 0 Å². The Kier molecular flexibility index (Phi) is 3.23. The lowest BCUT2D eigenvalue weighted by molar-refractivity contribution is 0.315. The minimum absolute atomic E-state index is 0.00191. The molecule has 1 rings (SSSR count). The van der Waals surface area contributed by atoms with Crippen LogP contribution in [0.3, 0.4) is 0 Å². The first kappa shape index (κ1) is 9.68. The Labute approximate surface area is 79.4 Å². The highest BCUT2D eigenvalue weighted by Crippen LogP contribution is 2.21. The predicted molar refractivity (Wildman–Crippen MR) is 49.2 cm³/mol. The van der Waals surface area contributed by atoms with Gasteiger partial charge in [-0.2, -0.15) is 0 Å². The highest BCUT2D eigenvalue weighted by Gasteiger charge is 2.06. The Morgan fingerprint density at radius 3 is 2.75 bits per heavy atom. The molecule has 65 valence electrons. The normalized spacial score (nSPS) is 10.8. The number of hydrogen-bond acceptors (Lipinski definition) is 1. The Balaban J connectivity index is 2.96. The molecule has 0 spiro atoms. The molecular weight excluding hydrogens is 223 g/mol. The van der Waals surface area contributed by atoms with Crippen molar-refractivity contribution in [1.82, 2.24) is 0 Å². The van der Waals surface area contributed by atoms with Crippen molar-refractivity contribution in [1.29, 1.82) is 0 Å². The van der Waals surface area contributed by atoms with Gasteiger partial charge >= 0.3 is 0 Å². The first-order valence-electron chi connectivity index (χ1n) is 3.54. The number of hydrogen-bond donors (Lipinski definition) is 1. The van der Waals surface area contributed by atoms with Crippen LogP contribution in [0, 0.1) is 11.7 Å². The Morgan fingerprint density at radius 2 is 2.25 bits per heavy atom. The molecule has 0 amide bonds. The second kappa shape index (κ2) is 4.01. The van der Waals surface area contributed by atoms with Crippen molar-refractivity contribution < 1.29 is 9.50 Å². The molecule has 0 unspecified atom stereocenters. The zero-order chi connectivity index (χ0) is 9.14. The third-order valence-corrected chi connectivity index (χ3v) is 2.26. The molecule has 0 heterocycles. The van der Waals surface area contributed by atoms with E-state index in [0.29, 0.717) is 4.47 Å². The van der Waals surface area contributed by atoms with Gasteiger partial charge in [-0.25, -0.2) is 4.39 Å². The van der Waals surface area contributed by atoms with Gasteiger partial charge in [-0.3, -0.25) is 0 Å². The molecule has 3 heteroatoms. The van der Waals surface area contributed by atoms with E-state index in [1.54, 1.807) is 19.1 Å². The topological polar surface area (TPSA) is 20.2 Å². The first-order valence-corrected chi connectivity index (χ1v) is 4.33. The molecule has 0 atom stereocenters. The van der Waals surface area contributed by atoms with Crippen LogP contribution < -0.4 is 0 Å². The van der Waals surface area contributed by atoms with Crippen LogP contribution >= 0.6 is 15.9 Å². The number of halogens is 2. The molecule has 1 nitrogen and oxygen atoms in total. The summed E-state index contributed by atoms with van der Waals surface area (Å²) in [5.41, 5.74) is 0.853. The van der Waals surface area contributed by atoms with Crippen molar-refractivity contribution in [2.75, 3.05) is 6.61 Å². The van der Waals surface area contributed by atoms with Crippen LogP contribution in [0.2, 0.25) is 0 Å². The number of aliphatic hydroxyl groups excluding tert-OH is 1. The molecule has 0 saturated carbocycles. The monoisotopic (exact) mass is 231 g/mol. The van der Waals surface area contributed by atoms with Gasteiger partial charge in [-0.15, -0.1) is 0 Å². The van der Waals surface area contributed by atoms with Crippen molar-refractivity contribution in [3.63, 3.8) is 0 Å². The van der Waals surface area contributed by atoms with E-state index < -0.39 is 0 Å². The standard InChI is InChI=1S/C9H9BrFO/c1-6(5-12)7-2-3-9(11)8(10)4-7/h2-4,12H,5H2,1H3. The molecule has 0 saturated heterocycles. The van der Waals surface area contributed by atoms with Gasteiger partial charge in [-0.1, -0.05) is 13.0 Å². The van der Waals surface area contributed by atoms with E-state index in [4.69, 9.17) is 5.11 Å². The maximum atomic E-state index is 12.7. The van der Waals surface area contributed by atoms with Gasteiger partial charge in [-0.05, 0) is 33.6 Å². The summed E-state index contributed by atoms with van der Waals surface area (Å²) in [5.74, 6) is 0.542. The zero-order valence-electron chi connectivity index (χ0n) is 6.64. The summed E-state index contributed by atoms with van der Waals surface area (Å²) in [7, 11) is 0. The van der Waals surface area contributed by atoms with Gasteiger partial charge in [0.2, 0.25) is 0 Å². The van der Waals surface area contributed by atoms with E-state index in [-0.39, 0.29) is 12.4 Å². The summed E-state index contributed by atoms with van der Waals surface area (Å²) in [6, 6.07) is 4.67. The fraction of sp³-hybridized carbons (Fsp3) is 0.222. The lowest BCUT2D eigenvalue weighted by Crippen LogP contribution is -1.99. The fourth-order valence-corrected chi connectivity index (χ4v) is 1.23. The Morgan fingerprint density at radius 1 is 1.58 bits per heavy atom. The lowest BCUT2D eigenvalue weighted by Gasteiger charge is -2.07. The van der Waals surface area contributed by atoms with Gasteiger partial charge < -0.3 is 5.11 Å². The molecule has 1 N–H and O–H groups in total. The summed E-state index contributed by atoms with van der Waals surface area (Å²) in [4.78, 5) is 0. The highest BCUT2D eigenvalue weighted by atomic mass is 79.9. The second-order valence-corrected chi connectivity index (χ2v) is 3.42. The smallest absolute Gasteiger partial charge is 0.137 e. The number of benzene rings is 1. The van der Waals surface area contributed by atoms with Crippen molar-refractivity contribution in [2.24, 2.45) is 0 Å². The molecule has 0 aromatic heterocycles. The molecule has 1 aromatic carbocycles. The van der Waals surface area contributed by atoms with Crippen molar-refractivity contribution in [3.8, 4) is 0 Å². The van der Waals surface area contributed by atoms with E-state index in [2.05, 4.69) is 15.9 Å². The molecule has 12 heavy (non-hydrogen) atoms. The molecule has 0 fully saturated rings. The minimum atomic E-state index is -0.288. The maximum Gasteiger partial charge on any atom is 0.137 e. The molecule has 1 radical (unpaired) electrons. The highest BCUT2D eigenvalue weighted by molar-refractivity contribution is 9.10. The number of rotatable bonds is 2. The van der Waals surface area contributed by atoms with Crippen LogP contribution in [-0.4, -0.2) is 11.7 Å². The summed E-state index contributed by atoms with van der Waals surface area (Å²) in [6.07, 6.45) is 0. The Hall–Kier alpha value is -0.410. The SMILES string of the molecule is C[C](CO)c1ccc(F)c(Br)c1.